The first-order valence-electron chi connectivity index (χ1n) is 10.8. The van der Waals surface area contributed by atoms with Gasteiger partial charge in [0.1, 0.15) is 0 Å². The Balaban J connectivity index is 1.44. The van der Waals surface area contributed by atoms with Gasteiger partial charge in [-0.15, -0.1) is 0 Å². The highest BCUT2D eigenvalue weighted by molar-refractivity contribution is 7.93. The van der Waals surface area contributed by atoms with Crippen LogP contribution in [0.4, 0.5) is 11.9 Å². The van der Waals surface area contributed by atoms with E-state index in [2.05, 4.69) is 29.4 Å². The number of nitrogens with zero attached hydrogens (tertiary/aromatic N) is 3. The topological polar surface area (TPSA) is 113 Å². The Labute approximate surface area is 227 Å². The van der Waals surface area contributed by atoms with Crippen LogP contribution in [0.3, 0.4) is 0 Å². The van der Waals surface area contributed by atoms with Crippen molar-refractivity contribution in [2.75, 3.05) is 9.44 Å². The zero-order chi connectivity index (χ0) is 26.0. The first-order valence-corrected chi connectivity index (χ1v) is 13.4. The molecule has 0 fully saturated rings. The number of hydrogen-bond donors (Lipinski definition) is 3. The molecule has 2 heterocycles. The third-order valence-corrected chi connectivity index (χ3v) is 6.86. The number of imidazole rings is 1. The molecule has 0 spiro atoms. The fraction of sp³-hybridized carbons (Fsp3) is 0. The van der Waals surface area contributed by atoms with Crippen molar-refractivity contribution in [2.24, 2.45) is 0 Å². The Kier molecular flexibility index (Phi) is 7.03. The van der Waals surface area contributed by atoms with Gasteiger partial charge in [-0.05, 0) is 48.0 Å². The van der Waals surface area contributed by atoms with Gasteiger partial charge in [-0.3, -0.25) is 0 Å². The van der Waals surface area contributed by atoms with Crippen molar-refractivity contribution in [2.45, 2.75) is 0 Å². The van der Waals surface area contributed by atoms with Gasteiger partial charge < -0.3 is 4.98 Å². The number of halogens is 3. The lowest BCUT2D eigenvalue weighted by atomic mass is 10.1. The summed E-state index contributed by atoms with van der Waals surface area (Å²) in [5, 5.41) is 1.72. The van der Waals surface area contributed by atoms with Gasteiger partial charge in [-0.2, -0.15) is 8.42 Å². The molecule has 3 N–H and O–H groups in total. The monoisotopic (exact) mass is 570 g/mol. The Morgan fingerprint density at radius 1 is 0.649 bits per heavy atom. The van der Waals surface area contributed by atoms with Crippen molar-refractivity contribution in [3.8, 4) is 33.8 Å². The van der Waals surface area contributed by atoms with E-state index in [-0.39, 0.29) is 11.9 Å². The van der Waals surface area contributed by atoms with E-state index < -0.39 is 10.2 Å². The third kappa shape index (κ3) is 6.20. The van der Waals surface area contributed by atoms with Crippen LogP contribution in [0.1, 0.15) is 0 Å². The van der Waals surface area contributed by atoms with Crippen molar-refractivity contribution < 1.29 is 8.42 Å². The molecule has 8 nitrogen and oxygen atoms in total. The normalized spacial score (nSPS) is 11.3. The quantitative estimate of drug-likeness (QED) is 0.196. The van der Waals surface area contributed by atoms with Crippen molar-refractivity contribution >= 4 is 56.9 Å². The van der Waals surface area contributed by atoms with Gasteiger partial charge in [-0.1, -0.05) is 71.2 Å². The zero-order valence-corrected chi connectivity index (χ0v) is 21.9. The summed E-state index contributed by atoms with van der Waals surface area (Å²) in [5.41, 5.74) is 3.86. The smallest absolute Gasteiger partial charge is 0.323 e. The molecule has 0 aliphatic heterocycles. The summed E-state index contributed by atoms with van der Waals surface area (Å²) in [7, 11) is -4.16. The van der Waals surface area contributed by atoms with Crippen LogP contribution < -0.4 is 9.44 Å². The maximum absolute atomic E-state index is 12.9. The number of nitrogens with one attached hydrogen (secondary N) is 3. The molecule has 12 heteroatoms. The van der Waals surface area contributed by atoms with Gasteiger partial charge in [0.15, 0.2) is 0 Å². The third-order valence-electron chi connectivity index (χ3n) is 5.19. The summed E-state index contributed by atoms with van der Waals surface area (Å²) in [5.74, 6) is -0.112. The molecule has 2 aromatic heterocycles. The number of benzene rings is 3. The summed E-state index contributed by atoms with van der Waals surface area (Å²) >= 11 is 18.0. The number of rotatable bonds is 7. The lowest BCUT2D eigenvalue weighted by Crippen LogP contribution is -2.23. The number of aromatic amines is 1. The first-order chi connectivity index (χ1) is 17.7. The predicted molar refractivity (Wildman–Crippen MR) is 148 cm³/mol. The van der Waals surface area contributed by atoms with Crippen LogP contribution in [0.2, 0.25) is 15.1 Å². The molecule has 5 aromatic rings. The first kappa shape index (κ1) is 25.0. The number of aromatic nitrogens is 4. The molecule has 5 rings (SSSR count). The van der Waals surface area contributed by atoms with Crippen molar-refractivity contribution in [1.82, 2.24) is 19.9 Å². The fourth-order valence-electron chi connectivity index (χ4n) is 3.45. The average Bonchev–Trinajstić information content (AvgIpc) is 3.32. The minimum atomic E-state index is -4.16. The fourth-order valence-corrected chi connectivity index (χ4v) is 4.57. The molecule has 0 unspecified atom stereocenters. The van der Waals surface area contributed by atoms with Crippen LogP contribution in [0, 0.1) is 0 Å². The highest BCUT2D eigenvalue weighted by atomic mass is 35.5. The highest BCUT2D eigenvalue weighted by Crippen LogP contribution is 2.28. The van der Waals surface area contributed by atoms with Crippen LogP contribution in [0.5, 0.6) is 0 Å². The van der Waals surface area contributed by atoms with E-state index in [1.54, 1.807) is 78.9 Å². The number of anilines is 2. The Bertz CT molecular complexity index is 1590. The van der Waals surface area contributed by atoms with Gasteiger partial charge in [0.05, 0.1) is 23.3 Å². The zero-order valence-electron chi connectivity index (χ0n) is 18.8. The molecular formula is C25H17Cl3N6O2S. The van der Waals surface area contributed by atoms with Crippen LogP contribution in [0.25, 0.3) is 33.8 Å². The van der Waals surface area contributed by atoms with E-state index in [4.69, 9.17) is 34.8 Å². The standard InChI is InChI=1S/C25H17Cl3N6O2S/c26-18-7-1-15(2-8-18)21-13-22(16-3-9-19(27)10-4-16)31-25(30-21)34-37(35,36)33-24-29-14-23(32-24)17-5-11-20(28)12-6-17/h1-14H,(H2,29,32,33)(H,30,31,34). The Morgan fingerprint density at radius 2 is 1.11 bits per heavy atom. The van der Waals surface area contributed by atoms with Crippen LogP contribution >= 0.6 is 34.8 Å². The summed E-state index contributed by atoms with van der Waals surface area (Å²) in [6.45, 7) is 0. The van der Waals surface area contributed by atoms with Gasteiger partial charge in [0, 0.05) is 26.2 Å². The maximum atomic E-state index is 12.9. The maximum Gasteiger partial charge on any atom is 0.326 e. The Morgan fingerprint density at radius 3 is 1.59 bits per heavy atom. The molecule has 0 aliphatic carbocycles. The second kappa shape index (κ2) is 10.4. The van der Waals surface area contributed by atoms with Crippen molar-refractivity contribution in [1.29, 1.82) is 0 Å². The van der Waals surface area contributed by atoms with Gasteiger partial charge in [0.2, 0.25) is 11.9 Å². The molecule has 0 atom stereocenters. The van der Waals surface area contributed by atoms with Gasteiger partial charge in [0.25, 0.3) is 0 Å². The lowest BCUT2D eigenvalue weighted by Gasteiger charge is -2.11. The molecule has 0 radical (unpaired) electrons. The van der Waals surface area contributed by atoms with Gasteiger partial charge in [-0.25, -0.2) is 24.4 Å². The predicted octanol–water partition coefficient (Wildman–Crippen LogP) is 6.93. The van der Waals surface area contributed by atoms with E-state index in [1.807, 2.05) is 0 Å². The molecule has 0 saturated carbocycles. The lowest BCUT2D eigenvalue weighted by molar-refractivity contribution is 0.605. The van der Waals surface area contributed by atoms with E-state index in [1.165, 1.54) is 6.20 Å². The average molecular weight is 572 g/mol. The van der Waals surface area contributed by atoms with Crippen LogP contribution in [-0.4, -0.2) is 28.4 Å². The molecule has 0 bridgehead atoms. The summed E-state index contributed by atoms with van der Waals surface area (Å²) < 4.78 is 30.6. The Hall–Kier alpha value is -3.63. The SMILES string of the molecule is O=S(=O)(Nc1nc(-c2ccc(Cl)cc2)cc(-c2ccc(Cl)cc2)n1)Nc1ncc(-c2ccc(Cl)cc2)[nH]1. The number of hydrogen-bond acceptors (Lipinski definition) is 5. The summed E-state index contributed by atoms with van der Waals surface area (Å²) in [6, 6.07) is 22.8. The molecule has 0 aliphatic rings. The van der Waals surface area contributed by atoms with Crippen molar-refractivity contribution in [3.05, 3.63) is 100 Å². The molecule has 0 saturated heterocycles. The van der Waals surface area contributed by atoms with Crippen LogP contribution in [0.15, 0.2) is 85.1 Å². The second-order valence-electron chi connectivity index (χ2n) is 7.84. The largest absolute Gasteiger partial charge is 0.326 e. The van der Waals surface area contributed by atoms with Crippen molar-refractivity contribution in [3.63, 3.8) is 0 Å². The van der Waals surface area contributed by atoms with E-state index in [9.17, 15) is 8.42 Å². The van der Waals surface area contributed by atoms with Gasteiger partial charge >= 0.3 is 10.2 Å². The molecule has 3 aromatic carbocycles. The molecule has 186 valence electrons. The molecule has 0 amide bonds. The summed E-state index contributed by atoms with van der Waals surface area (Å²) in [6.07, 6.45) is 1.51. The summed E-state index contributed by atoms with van der Waals surface area (Å²) in [4.78, 5) is 15.9. The number of H-pyrrole nitrogens is 1. The van der Waals surface area contributed by atoms with E-state index >= 15 is 0 Å². The van der Waals surface area contributed by atoms with E-state index in [0.29, 0.717) is 32.1 Å². The minimum absolute atomic E-state index is 0.0178. The minimum Gasteiger partial charge on any atom is -0.323 e. The second-order valence-corrected chi connectivity index (χ2v) is 10.6. The molecular weight excluding hydrogens is 555 g/mol. The highest BCUT2D eigenvalue weighted by Gasteiger charge is 2.17. The molecule has 37 heavy (non-hydrogen) atoms. The van der Waals surface area contributed by atoms with E-state index in [0.717, 1.165) is 16.7 Å². The van der Waals surface area contributed by atoms with Crippen LogP contribution in [-0.2, 0) is 10.2 Å².